The molecular formula is C22H26Si2Ti-6. The van der Waals surface area contributed by atoms with E-state index < -0.39 is 0 Å². The van der Waals surface area contributed by atoms with Crippen molar-refractivity contribution in [2.75, 3.05) is 0 Å². The summed E-state index contributed by atoms with van der Waals surface area (Å²) in [6, 6.07) is 29.3. The van der Waals surface area contributed by atoms with Gasteiger partial charge in [0, 0.05) is 0 Å². The Balaban J connectivity index is -0.000000295. The maximum Gasteiger partial charge on any atom is -0.0809 e. The Kier molecular flexibility index (Phi) is 18.6. The summed E-state index contributed by atoms with van der Waals surface area (Å²) in [7, 11) is 6.44. The summed E-state index contributed by atoms with van der Waals surface area (Å²) in [5.41, 5.74) is 0. The first-order valence-corrected chi connectivity index (χ1v) is 12.3. The summed E-state index contributed by atoms with van der Waals surface area (Å²) in [6.45, 7) is 0. The molecule has 3 heteroatoms. The average molecular weight is 394 g/mol. The van der Waals surface area contributed by atoms with Crippen molar-refractivity contribution < 1.29 is 16.6 Å². The Morgan fingerprint density at radius 2 is 0.880 bits per heavy atom. The van der Waals surface area contributed by atoms with Crippen LogP contribution in [0.15, 0.2) is 84.9 Å². The fourth-order valence-corrected chi connectivity index (χ4v) is 2.14. The second-order valence-corrected chi connectivity index (χ2v) is 8.95. The maximum absolute atomic E-state index is 3.22. The van der Waals surface area contributed by atoms with Crippen LogP contribution in [0.5, 0.6) is 0 Å². The minimum Gasteiger partial charge on any atom is -0.168 e. The van der Waals surface area contributed by atoms with Gasteiger partial charge in [-0.15, -0.1) is 59.3 Å². The summed E-state index contributed by atoms with van der Waals surface area (Å²) >= 11 is 0.111. The molecule has 0 aliphatic carbocycles. The summed E-state index contributed by atoms with van der Waals surface area (Å²) in [4.78, 5) is 0. The SMILES string of the molecule is [CH3-].[CH3-].[CH3-].[CH3-].[Si]=[Ti]=[Si].c1ccc2[cH-]ccc2c1.c1ccc2[cH-]ccc2c1. The van der Waals surface area contributed by atoms with Crippen molar-refractivity contribution in [3.05, 3.63) is 115 Å². The van der Waals surface area contributed by atoms with E-state index in [-0.39, 0.29) is 46.3 Å². The van der Waals surface area contributed by atoms with Crippen LogP contribution in [0.4, 0.5) is 0 Å². The first-order chi connectivity index (χ1) is 10.3. The fourth-order valence-electron chi connectivity index (χ4n) is 2.14. The van der Waals surface area contributed by atoms with Gasteiger partial charge in [-0.25, -0.2) is 0 Å². The van der Waals surface area contributed by atoms with Gasteiger partial charge in [-0.1, -0.05) is 12.1 Å². The van der Waals surface area contributed by atoms with E-state index in [2.05, 4.69) is 100 Å². The van der Waals surface area contributed by atoms with E-state index in [0.29, 0.717) is 0 Å². The van der Waals surface area contributed by atoms with Crippen molar-refractivity contribution in [2.45, 2.75) is 0 Å². The molecular weight excluding hydrogens is 368 g/mol. The molecule has 0 unspecified atom stereocenters. The van der Waals surface area contributed by atoms with E-state index in [9.17, 15) is 0 Å². The second-order valence-electron chi connectivity index (χ2n) is 4.43. The van der Waals surface area contributed by atoms with Gasteiger partial charge in [0.25, 0.3) is 0 Å². The third kappa shape index (κ3) is 9.17. The van der Waals surface area contributed by atoms with Gasteiger partial charge in [-0.3, -0.25) is 0 Å². The molecule has 132 valence electrons. The van der Waals surface area contributed by atoms with Crippen molar-refractivity contribution in [1.82, 2.24) is 0 Å². The van der Waals surface area contributed by atoms with Crippen molar-refractivity contribution in [3.63, 3.8) is 0 Å². The molecule has 0 amide bonds. The largest absolute Gasteiger partial charge is 0.168 e. The van der Waals surface area contributed by atoms with E-state index in [1.165, 1.54) is 21.5 Å². The van der Waals surface area contributed by atoms with Crippen LogP contribution in [0.2, 0.25) is 0 Å². The van der Waals surface area contributed by atoms with Gasteiger partial charge in [-0.05, 0) is 0 Å². The van der Waals surface area contributed by atoms with Gasteiger partial charge in [0.15, 0.2) is 0 Å². The molecule has 0 heterocycles. The number of benzene rings is 2. The molecule has 0 nitrogen and oxygen atoms in total. The van der Waals surface area contributed by atoms with Crippen LogP contribution < -0.4 is 0 Å². The molecule has 0 N–H and O–H groups in total. The van der Waals surface area contributed by atoms with Gasteiger partial charge < -0.3 is 29.7 Å². The standard InChI is InChI=1S/2C9H7.4CH3.2Si.Ti/c2*1-2-5-9-7-3-6-8(9)4-1;;;;;;;/h2*1-7H;4*1H3;;;/q6*-1;;;. The van der Waals surface area contributed by atoms with Crippen molar-refractivity contribution in [1.29, 1.82) is 0 Å². The Bertz CT molecular complexity index is 711. The van der Waals surface area contributed by atoms with E-state index in [1.54, 1.807) is 0 Å². The number of hydrogen-bond donors (Lipinski definition) is 0. The van der Waals surface area contributed by atoms with Crippen LogP contribution in [-0.4, -0.2) is 15.3 Å². The zero-order valence-electron chi connectivity index (χ0n) is 15.6. The van der Waals surface area contributed by atoms with Gasteiger partial charge in [0.05, 0.1) is 0 Å². The molecule has 4 rings (SSSR count). The quantitative estimate of drug-likeness (QED) is 0.248. The predicted molar refractivity (Wildman–Crippen MR) is 116 cm³/mol. The summed E-state index contributed by atoms with van der Waals surface area (Å²) in [5.74, 6) is 0. The van der Waals surface area contributed by atoms with Crippen LogP contribution in [-0.2, 0) is 16.6 Å². The Labute approximate surface area is 167 Å². The molecule has 4 aromatic carbocycles. The van der Waals surface area contributed by atoms with Crippen LogP contribution in [0.25, 0.3) is 21.5 Å². The molecule has 25 heavy (non-hydrogen) atoms. The van der Waals surface area contributed by atoms with Gasteiger partial charge in [-0.2, -0.15) is 35.0 Å². The summed E-state index contributed by atoms with van der Waals surface area (Å²) in [6.07, 6.45) is 0. The van der Waals surface area contributed by atoms with Crippen molar-refractivity contribution in [3.8, 4) is 0 Å². The molecule has 0 fully saturated rings. The Morgan fingerprint density at radius 3 is 1.20 bits per heavy atom. The molecule has 0 spiro atoms. The first kappa shape index (κ1) is 28.6. The molecule has 0 aliphatic heterocycles. The molecule has 0 aromatic heterocycles. The average Bonchev–Trinajstić information content (AvgIpc) is 3.17. The second kappa shape index (κ2) is 16.3. The normalized spacial score (nSPS) is 7.68. The van der Waals surface area contributed by atoms with Crippen LogP contribution in [0.3, 0.4) is 0 Å². The fraction of sp³-hybridized carbons (Fsp3) is 0. The van der Waals surface area contributed by atoms with Gasteiger partial charge >= 0.3 is 31.9 Å². The van der Waals surface area contributed by atoms with Gasteiger partial charge in [0.2, 0.25) is 0 Å². The van der Waals surface area contributed by atoms with Crippen molar-refractivity contribution >= 4 is 36.8 Å². The summed E-state index contributed by atoms with van der Waals surface area (Å²) < 4.78 is 0. The predicted octanol–water partition coefficient (Wildman–Crippen LogP) is 6.15. The zero-order valence-corrected chi connectivity index (χ0v) is 19.1. The minimum absolute atomic E-state index is 0. The molecule has 0 saturated heterocycles. The Morgan fingerprint density at radius 1 is 0.560 bits per heavy atom. The minimum atomic E-state index is 0. The summed E-state index contributed by atoms with van der Waals surface area (Å²) in [5, 5.41) is 5.32. The monoisotopic (exact) mass is 394 g/mol. The smallest absolute Gasteiger partial charge is 0.0809 e. The topological polar surface area (TPSA) is 0 Å². The number of hydrogen-bond acceptors (Lipinski definition) is 0. The van der Waals surface area contributed by atoms with Crippen molar-refractivity contribution in [2.24, 2.45) is 0 Å². The van der Waals surface area contributed by atoms with Gasteiger partial charge in [0.1, 0.15) is 0 Å². The molecule has 4 aromatic rings. The molecule has 0 saturated carbocycles. The third-order valence-electron chi connectivity index (χ3n) is 3.10. The number of fused-ring (bicyclic) bond motifs is 2. The van der Waals surface area contributed by atoms with Crippen LogP contribution in [0, 0.1) is 29.7 Å². The van der Waals surface area contributed by atoms with E-state index in [4.69, 9.17) is 0 Å². The van der Waals surface area contributed by atoms with Crippen LogP contribution in [0.1, 0.15) is 0 Å². The third-order valence-corrected chi connectivity index (χ3v) is 3.10. The Hall–Kier alpha value is -1.19. The van der Waals surface area contributed by atoms with E-state index >= 15 is 0 Å². The first-order valence-electron chi connectivity index (χ1n) is 6.64. The van der Waals surface area contributed by atoms with E-state index in [0.717, 1.165) is 0 Å². The molecule has 0 atom stereocenters. The zero-order chi connectivity index (χ0) is 14.9. The van der Waals surface area contributed by atoms with E-state index in [1.807, 2.05) is 0 Å². The number of rotatable bonds is 0. The maximum atomic E-state index is 3.22. The van der Waals surface area contributed by atoms with Crippen LogP contribution >= 0.6 is 0 Å². The molecule has 0 aliphatic rings. The molecule has 4 radical (unpaired) electrons. The molecule has 0 bridgehead atoms.